The number of rotatable bonds is 4. The molecular formula is C14H16ClNOS. The maximum absolute atomic E-state index is 6.38. The summed E-state index contributed by atoms with van der Waals surface area (Å²) in [7, 11) is 1.66. The average Bonchev–Trinajstić information content (AvgIpc) is 2.77. The van der Waals surface area contributed by atoms with Crippen molar-refractivity contribution in [2.24, 2.45) is 5.73 Å². The minimum atomic E-state index is -0.445. The Bertz CT molecular complexity index is 519. The van der Waals surface area contributed by atoms with Gasteiger partial charge in [0.1, 0.15) is 5.75 Å². The maximum atomic E-state index is 6.38. The largest absolute Gasteiger partial charge is 0.497 e. The molecule has 18 heavy (non-hydrogen) atoms. The molecule has 0 aliphatic heterocycles. The van der Waals surface area contributed by atoms with E-state index in [1.165, 1.54) is 5.56 Å². The molecule has 0 amide bonds. The van der Waals surface area contributed by atoms with Crippen LogP contribution in [0.5, 0.6) is 5.75 Å². The summed E-state index contributed by atoms with van der Waals surface area (Å²) in [6, 6.07) is 9.85. The highest BCUT2D eigenvalue weighted by Crippen LogP contribution is 2.33. The van der Waals surface area contributed by atoms with E-state index in [1.54, 1.807) is 18.4 Å². The molecule has 4 heteroatoms. The van der Waals surface area contributed by atoms with Gasteiger partial charge in [0.2, 0.25) is 0 Å². The summed E-state index contributed by atoms with van der Waals surface area (Å²) < 4.78 is 5.14. The van der Waals surface area contributed by atoms with Crippen molar-refractivity contribution in [3.8, 4) is 5.75 Å². The summed E-state index contributed by atoms with van der Waals surface area (Å²) in [6.45, 7) is 2.01. The fourth-order valence-corrected chi connectivity index (χ4v) is 3.30. The van der Waals surface area contributed by atoms with Crippen LogP contribution in [0.2, 0.25) is 5.02 Å². The molecule has 0 spiro atoms. The Hall–Kier alpha value is -1.03. The zero-order chi connectivity index (χ0) is 13.2. The fourth-order valence-electron chi connectivity index (χ4n) is 1.95. The van der Waals surface area contributed by atoms with Gasteiger partial charge in [0.05, 0.1) is 17.7 Å². The second kappa shape index (κ2) is 5.31. The molecule has 1 atom stereocenters. The van der Waals surface area contributed by atoms with Crippen molar-refractivity contribution in [2.75, 3.05) is 7.11 Å². The van der Waals surface area contributed by atoms with Gasteiger partial charge in [-0.25, -0.2) is 0 Å². The van der Waals surface area contributed by atoms with Crippen molar-refractivity contribution in [1.29, 1.82) is 0 Å². The van der Waals surface area contributed by atoms with Gasteiger partial charge in [-0.3, -0.25) is 0 Å². The van der Waals surface area contributed by atoms with E-state index in [0.717, 1.165) is 22.1 Å². The molecular weight excluding hydrogens is 266 g/mol. The molecule has 1 unspecified atom stereocenters. The fraction of sp³-hybridized carbons (Fsp3) is 0.286. The van der Waals surface area contributed by atoms with Crippen LogP contribution in [0.25, 0.3) is 0 Å². The Kier molecular flexibility index (Phi) is 3.95. The van der Waals surface area contributed by atoms with Gasteiger partial charge in [-0.2, -0.15) is 0 Å². The Morgan fingerprint density at radius 2 is 1.94 bits per heavy atom. The highest BCUT2D eigenvalue weighted by atomic mass is 35.5. The molecule has 0 aliphatic rings. The van der Waals surface area contributed by atoms with Crippen LogP contribution in [-0.2, 0) is 12.0 Å². The summed E-state index contributed by atoms with van der Waals surface area (Å²) in [4.78, 5) is 1.03. The lowest BCUT2D eigenvalue weighted by molar-refractivity contribution is 0.414. The van der Waals surface area contributed by atoms with Crippen molar-refractivity contribution in [2.45, 2.75) is 18.9 Å². The number of benzene rings is 1. The highest BCUT2D eigenvalue weighted by molar-refractivity contribution is 7.10. The summed E-state index contributed by atoms with van der Waals surface area (Å²) >= 11 is 7.75. The molecule has 0 fully saturated rings. The predicted molar refractivity (Wildman–Crippen MR) is 77.6 cm³/mol. The second-order valence-corrected chi connectivity index (χ2v) is 5.86. The van der Waals surface area contributed by atoms with Crippen LogP contribution in [0.15, 0.2) is 35.7 Å². The average molecular weight is 282 g/mol. The Labute approximate surface area is 116 Å². The van der Waals surface area contributed by atoms with E-state index in [-0.39, 0.29) is 0 Å². The van der Waals surface area contributed by atoms with Gasteiger partial charge >= 0.3 is 0 Å². The van der Waals surface area contributed by atoms with E-state index in [1.807, 2.05) is 42.6 Å². The van der Waals surface area contributed by atoms with Crippen LogP contribution in [0.1, 0.15) is 17.4 Å². The monoisotopic (exact) mass is 281 g/mol. The number of nitrogens with two attached hydrogens (primary N) is 1. The Morgan fingerprint density at radius 3 is 2.44 bits per heavy atom. The van der Waals surface area contributed by atoms with Crippen molar-refractivity contribution in [1.82, 2.24) is 0 Å². The number of methoxy groups -OCH3 is 1. The first-order chi connectivity index (χ1) is 8.53. The highest BCUT2D eigenvalue weighted by Gasteiger charge is 2.25. The number of hydrogen-bond donors (Lipinski definition) is 1. The van der Waals surface area contributed by atoms with Crippen molar-refractivity contribution in [3.63, 3.8) is 0 Å². The van der Waals surface area contributed by atoms with Gasteiger partial charge in [-0.1, -0.05) is 23.7 Å². The van der Waals surface area contributed by atoms with E-state index < -0.39 is 5.54 Å². The molecule has 2 rings (SSSR count). The van der Waals surface area contributed by atoms with Gasteiger partial charge in [-0.05, 0) is 42.5 Å². The molecule has 1 heterocycles. The number of thiophene rings is 1. The molecule has 0 saturated heterocycles. The lowest BCUT2D eigenvalue weighted by atomic mass is 9.92. The van der Waals surface area contributed by atoms with Gasteiger partial charge in [-0.15, -0.1) is 11.3 Å². The van der Waals surface area contributed by atoms with E-state index in [0.29, 0.717) is 0 Å². The molecule has 0 bridgehead atoms. The minimum absolute atomic E-state index is 0.445. The lowest BCUT2D eigenvalue weighted by Crippen LogP contribution is -2.34. The van der Waals surface area contributed by atoms with Crippen LogP contribution in [0, 0.1) is 0 Å². The van der Waals surface area contributed by atoms with Crippen LogP contribution in [0.4, 0.5) is 0 Å². The van der Waals surface area contributed by atoms with Crippen molar-refractivity contribution >= 4 is 22.9 Å². The topological polar surface area (TPSA) is 35.2 Å². The number of hydrogen-bond acceptors (Lipinski definition) is 3. The van der Waals surface area contributed by atoms with Gasteiger partial charge in [0.15, 0.2) is 0 Å². The van der Waals surface area contributed by atoms with E-state index in [4.69, 9.17) is 22.1 Å². The molecule has 96 valence electrons. The van der Waals surface area contributed by atoms with E-state index >= 15 is 0 Å². The minimum Gasteiger partial charge on any atom is -0.497 e. The van der Waals surface area contributed by atoms with Gasteiger partial charge in [0, 0.05) is 4.88 Å². The van der Waals surface area contributed by atoms with Crippen LogP contribution in [-0.4, -0.2) is 7.11 Å². The van der Waals surface area contributed by atoms with Crippen LogP contribution < -0.4 is 10.5 Å². The quantitative estimate of drug-likeness (QED) is 0.924. The zero-order valence-corrected chi connectivity index (χ0v) is 12.0. The van der Waals surface area contributed by atoms with Gasteiger partial charge < -0.3 is 10.5 Å². The number of halogens is 1. The number of ether oxygens (including phenoxy) is 1. The SMILES string of the molecule is COc1ccc(CC(C)(N)c2sccc2Cl)cc1. The normalized spacial score (nSPS) is 14.2. The van der Waals surface area contributed by atoms with Crippen LogP contribution >= 0.6 is 22.9 Å². The third-order valence-corrected chi connectivity index (χ3v) is 4.49. The molecule has 0 aliphatic carbocycles. The van der Waals surface area contributed by atoms with E-state index in [9.17, 15) is 0 Å². The first-order valence-corrected chi connectivity index (χ1v) is 6.94. The smallest absolute Gasteiger partial charge is 0.118 e. The van der Waals surface area contributed by atoms with E-state index in [2.05, 4.69) is 0 Å². The molecule has 1 aromatic carbocycles. The molecule has 2 N–H and O–H groups in total. The summed E-state index contributed by atoms with van der Waals surface area (Å²) in [5.74, 6) is 0.853. The first kappa shape index (κ1) is 13.4. The van der Waals surface area contributed by atoms with Gasteiger partial charge in [0.25, 0.3) is 0 Å². The molecule has 0 saturated carbocycles. The molecule has 1 aromatic heterocycles. The van der Waals surface area contributed by atoms with Crippen LogP contribution in [0.3, 0.4) is 0 Å². The predicted octanol–water partition coefficient (Wildman–Crippen LogP) is 3.83. The molecule has 2 nitrogen and oxygen atoms in total. The first-order valence-electron chi connectivity index (χ1n) is 5.68. The summed E-state index contributed by atoms with van der Waals surface area (Å²) in [5, 5.41) is 2.72. The Morgan fingerprint density at radius 1 is 1.28 bits per heavy atom. The Balaban J connectivity index is 2.19. The third kappa shape index (κ3) is 2.86. The zero-order valence-electron chi connectivity index (χ0n) is 10.4. The van der Waals surface area contributed by atoms with Crippen molar-refractivity contribution in [3.05, 3.63) is 51.2 Å². The third-order valence-electron chi connectivity index (χ3n) is 2.87. The lowest BCUT2D eigenvalue weighted by Gasteiger charge is -2.24. The maximum Gasteiger partial charge on any atom is 0.118 e. The van der Waals surface area contributed by atoms with Crippen molar-refractivity contribution < 1.29 is 4.74 Å². The second-order valence-electron chi connectivity index (χ2n) is 4.54. The molecule has 2 aromatic rings. The standard InChI is InChI=1S/C14H16ClNOS/c1-14(16,13-12(15)7-8-18-13)9-10-3-5-11(17-2)6-4-10/h3-8H,9,16H2,1-2H3. The molecule has 0 radical (unpaired) electrons. The summed E-state index contributed by atoms with van der Waals surface area (Å²) in [6.07, 6.45) is 0.747. The summed E-state index contributed by atoms with van der Waals surface area (Å²) in [5.41, 5.74) is 7.11.